The van der Waals surface area contributed by atoms with Crippen molar-refractivity contribution >= 4 is 17.2 Å². The Morgan fingerprint density at radius 3 is 2.59 bits per heavy atom. The van der Waals surface area contributed by atoms with Crippen LogP contribution in [0.1, 0.15) is 22.5 Å². The second kappa shape index (κ2) is 6.54. The summed E-state index contributed by atoms with van der Waals surface area (Å²) in [5.41, 5.74) is 9.02. The minimum absolute atomic E-state index is 0.428. The average molecular weight is 307 g/mol. The van der Waals surface area contributed by atoms with Crippen LogP contribution in [-0.2, 0) is 13.0 Å². The van der Waals surface area contributed by atoms with Crippen LogP contribution in [0.3, 0.4) is 0 Å². The van der Waals surface area contributed by atoms with E-state index in [0.29, 0.717) is 4.99 Å². The highest BCUT2D eigenvalue weighted by molar-refractivity contribution is 7.80. The van der Waals surface area contributed by atoms with Gasteiger partial charge < -0.3 is 10.3 Å². The van der Waals surface area contributed by atoms with E-state index in [9.17, 15) is 0 Å². The van der Waals surface area contributed by atoms with Gasteiger partial charge in [-0.2, -0.15) is 0 Å². The Balaban J connectivity index is 1.80. The molecule has 0 aliphatic carbocycles. The van der Waals surface area contributed by atoms with Crippen LogP contribution >= 0.6 is 12.2 Å². The van der Waals surface area contributed by atoms with Crippen LogP contribution in [0.5, 0.6) is 0 Å². The van der Waals surface area contributed by atoms with Crippen molar-refractivity contribution in [2.75, 3.05) is 0 Å². The molecule has 2 aromatic carbocycles. The van der Waals surface area contributed by atoms with Gasteiger partial charge in [-0.25, -0.2) is 4.98 Å². The lowest BCUT2D eigenvalue weighted by Crippen LogP contribution is -2.10. The predicted molar refractivity (Wildman–Crippen MR) is 92.9 cm³/mol. The van der Waals surface area contributed by atoms with E-state index in [1.54, 1.807) is 0 Å². The van der Waals surface area contributed by atoms with Crippen molar-refractivity contribution in [3.05, 3.63) is 89.5 Å². The van der Waals surface area contributed by atoms with E-state index in [0.717, 1.165) is 29.9 Å². The highest BCUT2D eigenvalue weighted by Crippen LogP contribution is 2.12. The predicted octanol–water partition coefficient (Wildman–Crippen LogP) is 3.16. The lowest BCUT2D eigenvalue weighted by molar-refractivity contribution is 0.740. The minimum atomic E-state index is 0.428. The van der Waals surface area contributed by atoms with E-state index < -0.39 is 0 Å². The summed E-state index contributed by atoms with van der Waals surface area (Å²) in [6, 6.07) is 18.4. The molecule has 3 aromatic rings. The van der Waals surface area contributed by atoms with Crippen LogP contribution in [0.4, 0.5) is 0 Å². The van der Waals surface area contributed by atoms with Crippen molar-refractivity contribution in [3.8, 4) is 0 Å². The largest absolute Gasteiger partial charge is 0.389 e. The third-order valence-corrected chi connectivity index (χ3v) is 3.81. The van der Waals surface area contributed by atoms with Gasteiger partial charge >= 0.3 is 0 Å². The van der Waals surface area contributed by atoms with Crippen molar-refractivity contribution < 1.29 is 0 Å². The van der Waals surface area contributed by atoms with Crippen LogP contribution in [-0.4, -0.2) is 14.5 Å². The van der Waals surface area contributed by atoms with Crippen molar-refractivity contribution in [1.29, 1.82) is 0 Å². The molecule has 4 heteroatoms. The SMILES string of the molecule is NC(=S)c1cccc(Cn2ccnc2Cc2ccccc2)c1. The molecule has 0 bridgehead atoms. The Hall–Kier alpha value is -2.46. The van der Waals surface area contributed by atoms with E-state index in [4.69, 9.17) is 18.0 Å². The summed E-state index contributed by atoms with van der Waals surface area (Å²) in [4.78, 5) is 4.91. The molecule has 22 heavy (non-hydrogen) atoms. The van der Waals surface area contributed by atoms with Gasteiger partial charge in [0.2, 0.25) is 0 Å². The van der Waals surface area contributed by atoms with Crippen LogP contribution in [0.15, 0.2) is 67.0 Å². The number of nitrogens with two attached hydrogens (primary N) is 1. The van der Waals surface area contributed by atoms with Crippen molar-refractivity contribution in [3.63, 3.8) is 0 Å². The van der Waals surface area contributed by atoms with Gasteiger partial charge in [0.1, 0.15) is 10.8 Å². The van der Waals surface area contributed by atoms with E-state index in [1.165, 1.54) is 5.56 Å². The lowest BCUT2D eigenvalue weighted by atomic mass is 10.1. The maximum atomic E-state index is 5.70. The van der Waals surface area contributed by atoms with Gasteiger partial charge in [0.15, 0.2) is 0 Å². The molecule has 0 radical (unpaired) electrons. The normalized spacial score (nSPS) is 10.5. The summed E-state index contributed by atoms with van der Waals surface area (Å²) in [5.74, 6) is 1.05. The molecule has 0 unspecified atom stereocenters. The van der Waals surface area contributed by atoms with E-state index in [1.807, 2.05) is 48.8 Å². The summed E-state index contributed by atoms with van der Waals surface area (Å²) in [5, 5.41) is 0. The number of aromatic nitrogens is 2. The highest BCUT2D eigenvalue weighted by Gasteiger charge is 2.06. The first-order valence-electron chi connectivity index (χ1n) is 7.15. The Labute approximate surface area is 135 Å². The van der Waals surface area contributed by atoms with Crippen LogP contribution in [0, 0.1) is 0 Å². The molecule has 3 nitrogen and oxygen atoms in total. The molecule has 3 rings (SSSR count). The average Bonchev–Trinajstić information content (AvgIpc) is 2.95. The molecule has 1 heterocycles. The summed E-state index contributed by atoms with van der Waals surface area (Å²) in [7, 11) is 0. The second-order valence-corrected chi connectivity index (χ2v) is 5.64. The monoisotopic (exact) mass is 307 g/mol. The fraction of sp³-hybridized carbons (Fsp3) is 0.111. The molecule has 0 saturated heterocycles. The molecule has 110 valence electrons. The van der Waals surface area contributed by atoms with Crippen LogP contribution in [0.25, 0.3) is 0 Å². The molecule has 0 saturated carbocycles. The number of thiocarbonyl (C=S) groups is 1. The molecule has 0 spiro atoms. The van der Waals surface area contributed by atoms with Crippen molar-refractivity contribution in [2.45, 2.75) is 13.0 Å². The van der Waals surface area contributed by atoms with Gasteiger partial charge in [-0.3, -0.25) is 0 Å². The number of nitrogens with zero attached hydrogens (tertiary/aromatic N) is 2. The lowest BCUT2D eigenvalue weighted by Gasteiger charge is -2.09. The van der Waals surface area contributed by atoms with Gasteiger partial charge in [0, 0.05) is 30.9 Å². The van der Waals surface area contributed by atoms with Gasteiger partial charge in [-0.1, -0.05) is 60.7 Å². The fourth-order valence-electron chi connectivity index (χ4n) is 2.45. The zero-order chi connectivity index (χ0) is 15.4. The smallest absolute Gasteiger partial charge is 0.113 e. The zero-order valence-corrected chi connectivity index (χ0v) is 13.0. The third kappa shape index (κ3) is 3.40. The zero-order valence-electron chi connectivity index (χ0n) is 12.1. The molecular weight excluding hydrogens is 290 g/mol. The first kappa shape index (κ1) is 14.5. The van der Waals surface area contributed by atoms with Crippen LogP contribution < -0.4 is 5.73 Å². The third-order valence-electron chi connectivity index (χ3n) is 3.57. The van der Waals surface area contributed by atoms with Gasteiger partial charge in [-0.05, 0) is 17.2 Å². The van der Waals surface area contributed by atoms with Crippen molar-refractivity contribution in [2.24, 2.45) is 5.73 Å². The molecular formula is C18H17N3S. The Kier molecular flexibility index (Phi) is 4.30. The number of imidazole rings is 1. The number of benzene rings is 2. The number of hydrogen-bond donors (Lipinski definition) is 1. The summed E-state index contributed by atoms with van der Waals surface area (Å²) < 4.78 is 2.16. The molecule has 0 aliphatic rings. The summed E-state index contributed by atoms with van der Waals surface area (Å²) in [6.07, 6.45) is 4.67. The molecule has 0 atom stereocenters. The number of rotatable bonds is 5. The van der Waals surface area contributed by atoms with Gasteiger partial charge in [-0.15, -0.1) is 0 Å². The fourth-order valence-corrected chi connectivity index (χ4v) is 2.58. The molecule has 2 N–H and O–H groups in total. The summed E-state index contributed by atoms with van der Waals surface area (Å²) in [6.45, 7) is 0.763. The molecule has 0 aliphatic heterocycles. The maximum Gasteiger partial charge on any atom is 0.113 e. The second-order valence-electron chi connectivity index (χ2n) is 5.20. The Bertz CT molecular complexity index is 778. The minimum Gasteiger partial charge on any atom is -0.389 e. The van der Waals surface area contributed by atoms with Crippen LogP contribution in [0.2, 0.25) is 0 Å². The molecule has 1 aromatic heterocycles. The Morgan fingerprint density at radius 1 is 1.05 bits per heavy atom. The van der Waals surface area contributed by atoms with Crippen molar-refractivity contribution in [1.82, 2.24) is 9.55 Å². The quantitative estimate of drug-likeness (QED) is 0.736. The van der Waals surface area contributed by atoms with E-state index >= 15 is 0 Å². The Morgan fingerprint density at radius 2 is 1.82 bits per heavy atom. The maximum absolute atomic E-state index is 5.70. The molecule has 0 amide bonds. The van der Waals surface area contributed by atoms with Gasteiger partial charge in [0.25, 0.3) is 0 Å². The van der Waals surface area contributed by atoms with E-state index in [2.05, 4.69) is 27.8 Å². The molecule has 0 fully saturated rings. The summed E-state index contributed by atoms with van der Waals surface area (Å²) >= 11 is 5.04. The highest BCUT2D eigenvalue weighted by atomic mass is 32.1. The van der Waals surface area contributed by atoms with E-state index in [-0.39, 0.29) is 0 Å². The standard InChI is InChI=1S/C18H17N3S/c19-18(22)16-8-4-7-15(11-16)13-21-10-9-20-17(21)12-14-5-2-1-3-6-14/h1-11H,12-13H2,(H2,19,22). The first-order valence-corrected chi connectivity index (χ1v) is 7.56. The first-order chi connectivity index (χ1) is 10.7. The topological polar surface area (TPSA) is 43.8 Å². The van der Waals surface area contributed by atoms with Gasteiger partial charge in [0.05, 0.1) is 0 Å². The number of hydrogen-bond acceptors (Lipinski definition) is 2.